The van der Waals surface area contributed by atoms with Crippen LogP contribution in [0.2, 0.25) is 0 Å². The van der Waals surface area contributed by atoms with Gasteiger partial charge in [0.15, 0.2) is 22.6 Å². The molecule has 186 valence electrons. The third-order valence-corrected chi connectivity index (χ3v) is 7.67. The SMILES string of the molecule is CO/N=C(\C(=O)N[C@@H]1C(=O)N2C(C(=O)[O-])=C(C[n+]3cc4cc(C)ccn4n3)CS[C@@H]12)c1csc(N)n1. The molecule has 0 radical (unpaired) electrons. The summed E-state index contributed by atoms with van der Waals surface area (Å²) in [4.78, 5) is 47.8. The number of pyridine rings is 1. The maximum atomic E-state index is 13.0. The Kier molecular flexibility index (Phi) is 6.09. The number of hydrogen-bond donors (Lipinski definition) is 2. The molecule has 2 aliphatic rings. The summed E-state index contributed by atoms with van der Waals surface area (Å²) in [5, 5.41) is 24.0. The lowest BCUT2D eigenvalue weighted by molar-refractivity contribution is -0.746. The van der Waals surface area contributed by atoms with Crippen molar-refractivity contribution < 1.29 is 29.0 Å². The van der Waals surface area contributed by atoms with Crippen molar-refractivity contribution >= 4 is 57.2 Å². The van der Waals surface area contributed by atoms with E-state index in [-0.39, 0.29) is 28.8 Å². The summed E-state index contributed by atoms with van der Waals surface area (Å²) in [5.74, 6) is -2.41. The molecule has 1 saturated heterocycles. The first-order chi connectivity index (χ1) is 17.3. The number of aromatic nitrogens is 4. The molecule has 36 heavy (non-hydrogen) atoms. The fourth-order valence-corrected chi connectivity index (χ4v) is 5.95. The van der Waals surface area contributed by atoms with Gasteiger partial charge in [0.05, 0.1) is 16.9 Å². The fraction of sp³-hybridized carbons (Fsp3) is 0.286. The van der Waals surface area contributed by atoms with E-state index in [1.807, 2.05) is 25.3 Å². The molecule has 0 spiro atoms. The maximum Gasteiger partial charge on any atom is 0.276 e. The number of carbonyl (C=O) groups excluding carboxylic acids is 3. The quantitative estimate of drug-likeness (QED) is 0.159. The number of nitrogens with two attached hydrogens (primary N) is 1. The molecule has 2 atom stereocenters. The van der Waals surface area contributed by atoms with Crippen molar-refractivity contribution in [3.63, 3.8) is 0 Å². The van der Waals surface area contributed by atoms with Crippen LogP contribution in [-0.2, 0) is 25.8 Å². The summed E-state index contributed by atoms with van der Waals surface area (Å²) in [6.45, 7) is 2.13. The van der Waals surface area contributed by atoms with Gasteiger partial charge in [0.2, 0.25) is 0 Å². The third-order valence-electron chi connectivity index (χ3n) is 5.65. The van der Waals surface area contributed by atoms with Gasteiger partial charge in [-0.1, -0.05) is 5.16 Å². The standard InChI is InChI=1S/C21H20N8O5S2/c1-10-3-4-28-12(5-10)7-27(26-28)6-11-8-35-19-15(18(31)29(19)16(11)20(32)33)24-17(30)14(25-34-2)13-9-36-21(22)23-13/h3-5,7,9,15,19H,6,8H2,1-2H3,(H3-,22,23,24,30,32,33)/b25-14-/t15-,19+/m1/s1. The summed E-state index contributed by atoms with van der Waals surface area (Å²) in [6, 6.07) is 2.91. The molecule has 3 aromatic rings. The average Bonchev–Trinajstić information content (AvgIpc) is 3.45. The zero-order valence-corrected chi connectivity index (χ0v) is 20.7. The molecular weight excluding hydrogens is 508 g/mol. The largest absolute Gasteiger partial charge is 0.543 e. The van der Waals surface area contributed by atoms with Crippen LogP contribution in [0.4, 0.5) is 5.13 Å². The van der Waals surface area contributed by atoms with E-state index in [4.69, 9.17) is 10.6 Å². The Bertz CT molecular complexity index is 1460. The van der Waals surface area contributed by atoms with Crippen molar-refractivity contribution in [1.82, 2.24) is 24.9 Å². The molecule has 2 amide bonds. The van der Waals surface area contributed by atoms with Crippen molar-refractivity contribution in [2.45, 2.75) is 24.9 Å². The first kappa shape index (κ1) is 23.7. The number of rotatable bonds is 7. The Morgan fingerprint density at radius 3 is 2.94 bits per heavy atom. The Morgan fingerprint density at radius 1 is 1.44 bits per heavy atom. The molecule has 0 unspecified atom stereocenters. The molecule has 0 aliphatic carbocycles. The predicted octanol–water partition coefficient (Wildman–Crippen LogP) is -1.58. The van der Waals surface area contributed by atoms with E-state index in [1.165, 1.54) is 18.9 Å². The molecule has 0 saturated carbocycles. The van der Waals surface area contributed by atoms with Crippen LogP contribution in [0.15, 0.2) is 46.3 Å². The van der Waals surface area contributed by atoms with E-state index in [2.05, 4.69) is 20.7 Å². The van der Waals surface area contributed by atoms with E-state index in [0.717, 1.165) is 27.3 Å². The first-order valence-corrected chi connectivity index (χ1v) is 12.6. The van der Waals surface area contributed by atoms with Crippen molar-refractivity contribution in [2.75, 3.05) is 18.6 Å². The summed E-state index contributed by atoms with van der Waals surface area (Å²) >= 11 is 2.46. The third kappa shape index (κ3) is 4.15. The van der Waals surface area contributed by atoms with Gasteiger partial charge in [-0.15, -0.1) is 32.3 Å². The van der Waals surface area contributed by atoms with Gasteiger partial charge in [0.1, 0.15) is 37.0 Å². The number of carboxylic acids is 1. The minimum absolute atomic E-state index is 0.146. The van der Waals surface area contributed by atoms with Gasteiger partial charge >= 0.3 is 0 Å². The van der Waals surface area contributed by atoms with Crippen molar-refractivity contribution in [3.8, 4) is 0 Å². The van der Waals surface area contributed by atoms with Crippen molar-refractivity contribution in [2.24, 2.45) is 5.16 Å². The number of carboxylic acid groups (broad SMARTS) is 1. The summed E-state index contributed by atoms with van der Waals surface area (Å²) in [5.41, 5.74) is 7.90. The van der Waals surface area contributed by atoms with Crippen LogP contribution in [0.5, 0.6) is 0 Å². The van der Waals surface area contributed by atoms with E-state index < -0.39 is 29.2 Å². The van der Waals surface area contributed by atoms with Gasteiger partial charge in [-0.25, -0.2) is 4.98 Å². The number of nitrogen functional groups attached to an aromatic ring is 1. The molecule has 0 bridgehead atoms. The Labute approximate surface area is 212 Å². The predicted molar refractivity (Wildman–Crippen MR) is 127 cm³/mol. The summed E-state index contributed by atoms with van der Waals surface area (Å²) in [6.07, 6.45) is 3.61. The summed E-state index contributed by atoms with van der Waals surface area (Å²) < 4.78 is 3.30. The number of thiazole rings is 1. The Morgan fingerprint density at radius 2 is 2.25 bits per heavy atom. The van der Waals surface area contributed by atoms with Gasteiger partial charge in [0.25, 0.3) is 11.8 Å². The van der Waals surface area contributed by atoms with Crippen molar-refractivity contribution in [3.05, 3.63) is 52.4 Å². The molecule has 0 aromatic carbocycles. The molecule has 5 rings (SSSR count). The number of aryl methyl sites for hydroxylation is 1. The number of nitrogens with zero attached hydrogens (tertiary/aromatic N) is 6. The number of aliphatic carboxylic acids is 1. The number of thioether (sulfide) groups is 1. The second-order valence-electron chi connectivity index (χ2n) is 8.08. The average molecular weight is 529 g/mol. The van der Waals surface area contributed by atoms with E-state index in [9.17, 15) is 19.5 Å². The lowest BCUT2D eigenvalue weighted by Gasteiger charge is -2.50. The minimum atomic E-state index is -1.46. The zero-order valence-electron chi connectivity index (χ0n) is 19.1. The van der Waals surface area contributed by atoms with Gasteiger partial charge in [-0.05, 0) is 24.6 Å². The fourth-order valence-electron chi connectivity index (χ4n) is 4.07. The number of amides is 2. The smallest absolute Gasteiger partial charge is 0.276 e. The monoisotopic (exact) mass is 528 g/mol. The number of β-lactam (4-membered cyclic amide) rings is 1. The number of fused-ring (bicyclic) bond motifs is 2. The number of anilines is 1. The molecule has 15 heteroatoms. The number of nitrogens with one attached hydrogen (secondary N) is 1. The second kappa shape index (κ2) is 9.23. The van der Waals surface area contributed by atoms with Crippen LogP contribution in [0.3, 0.4) is 0 Å². The molecule has 3 aromatic heterocycles. The molecular formula is C21H20N8O5S2. The van der Waals surface area contributed by atoms with E-state index in [1.54, 1.807) is 20.8 Å². The van der Waals surface area contributed by atoms with Gasteiger partial charge in [-0.3, -0.25) is 14.5 Å². The van der Waals surface area contributed by atoms with Crippen LogP contribution < -0.4 is 20.8 Å². The number of carbonyl (C=O) groups is 3. The lowest BCUT2D eigenvalue weighted by atomic mass is 10.0. The molecule has 2 aliphatic heterocycles. The van der Waals surface area contributed by atoms with Crippen LogP contribution in [0.1, 0.15) is 11.3 Å². The summed E-state index contributed by atoms with van der Waals surface area (Å²) in [7, 11) is 1.27. The van der Waals surface area contributed by atoms with Crippen LogP contribution >= 0.6 is 23.1 Å². The number of oxime groups is 1. The Balaban J connectivity index is 1.36. The maximum absolute atomic E-state index is 13.0. The highest BCUT2D eigenvalue weighted by Crippen LogP contribution is 2.40. The highest BCUT2D eigenvalue weighted by Gasteiger charge is 2.53. The molecule has 1 fully saturated rings. The zero-order chi connectivity index (χ0) is 25.6. The van der Waals surface area contributed by atoms with Gasteiger partial charge in [0, 0.05) is 16.7 Å². The molecule has 5 heterocycles. The molecule has 3 N–H and O–H groups in total. The topological polar surface area (TPSA) is 171 Å². The first-order valence-electron chi connectivity index (χ1n) is 10.6. The minimum Gasteiger partial charge on any atom is -0.543 e. The molecule has 13 nitrogen and oxygen atoms in total. The van der Waals surface area contributed by atoms with Gasteiger partial charge < -0.3 is 25.8 Å². The normalized spacial score (nSPS) is 19.8. The van der Waals surface area contributed by atoms with Crippen LogP contribution in [0.25, 0.3) is 5.52 Å². The highest BCUT2D eigenvalue weighted by atomic mass is 32.2. The second-order valence-corrected chi connectivity index (χ2v) is 10.1. The highest BCUT2D eigenvalue weighted by molar-refractivity contribution is 8.00. The Hall–Kier alpha value is -3.98. The lowest BCUT2D eigenvalue weighted by Crippen LogP contribution is -2.71. The van der Waals surface area contributed by atoms with Crippen molar-refractivity contribution in [1.29, 1.82) is 0 Å². The van der Waals surface area contributed by atoms with E-state index in [0.29, 0.717) is 11.3 Å². The number of hydrogen-bond acceptors (Lipinski definition) is 11. The van der Waals surface area contributed by atoms with E-state index >= 15 is 0 Å². The van der Waals surface area contributed by atoms with Crippen LogP contribution in [0, 0.1) is 6.92 Å². The van der Waals surface area contributed by atoms with Gasteiger partial charge in [-0.2, -0.15) is 0 Å². The van der Waals surface area contributed by atoms with Crippen LogP contribution in [-0.4, -0.2) is 67.4 Å².